The van der Waals surface area contributed by atoms with Crippen LogP contribution in [0.5, 0.6) is 5.75 Å². The lowest BCUT2D eigenvalue weighted by molar-refractivity contribution is 0.0928. The van der Waals surface area contributed by atoms with Gasteiger partial charge in [0.15, 0.2) is 0 Å². The van der Waals surface area contributed by atoms with Gasteiger partial charge in [-0.25, -0.2) is 0 Å². The molecule has 3 nitrogen and oxygen atoms in total. The Morgan fingerprint density at radius 1 is 1.20 bits per heavy atom. The van der Waals surface area contributed by atoms with Crippen LogP contribution in [0, 0.1) is 0 Å². The standard InChI is InChI=1S/C16H22ClNO2/c1-11(2)20-15-9-3-12(4-10-15)16(19)18-14-7-5-13(17)6-8-14/h3-4,9-11,13-14H,5-8H2,1-2H3,(H,18,19). The van der Waals surface area contributed by atoms with E-state index in [1.165, 1.54) is 0 Å². The summed E-state index contributed by atoms with van der Waals surface area (Å²) in [4.78, 5) is 12.1. The van der Waals surface area contributed by atoms with E-state index < -0.39 is 0 Å². The van der Waals surface area contributed by atoms with Crippen molar-refractivity contribution in [3.05, 3.63) is 29.8 Å². The molecule has 1 saturated carbocycles. The number of hydrogen-bond acceptors (Lipinski definition) is 2. The van der Waals surface area contributed by atoms with E-state index >= 15 is 0 Å². The Bertz CT molecular complexity index is 436. The summed E-state index contributed by atoms with van der Waals surface area (Å²) in [5, 5.41) is 3.35. The number of carbonyl (C=O) groups excluding carboxylic acids is 1. The Morgan fingerprint density at radius 2 is 1.80 bits per heavy atom. The largest absolute Gasteiger partial charge is 0.491 e. The van der Waals surface area contributed by atoms with Crippen LogP contribution >= 0.6 is 11.6 Å². The predicted octanol–water partition coefficient (Wildman–Crippen LogP) is 3.75. The molecule has 2 rings (SSSR count). The highest BCUT2D eigenvalue weighted by atomic mass is 35.5. The molecule has 1 aromatic rings. The van der Waals surface area contributed by atoms with Gasteiger partial charge in [0.1, 0.15) is 5.75 Å². The predicted molar refractivity (Wildman–Crippen MR) is 81.6 cm³/mol. The van der Waals surface area contributed by atoms with Crippen LogP contribution in [-0.2, 0) is 0 Å². The van der Waals surface area contributed by atoms with Crippen LogP contribution in [0.3, 0.4) is 0 Å². The number of benzene rings is 1. The molecule has 1 aliphatic rings. The molecule has 0 spiro atoms. The van der Waals surface area contributed by atoms with Crippen LogP contribution in [0.2, 0.25) is 0 Å². The highest BCUT2D eigenvalue weighted by Crippen LogP contribution is 2.23. The van der Waals surface area contributed by atoms with Crippen LogP contribution in [0.25, 0.3) is 0 Å². The van der Waals surface area contributed by atoms with Gasteiger partial charge in [0.25, 0.3) is 5.91 Å². The fraction of sp³-hybridized carbons (Fsp3) is 0.562. The number of halogens is 1. The summed E-state index contributed by atoms with van der Waals surface area (Å²) >= 11 is 6.07. The van der Waals surface area contributed by atoms with Gasteiger partial charge in [-0.05, 0) is 63.8 Å². The van der Waals surface area contributed by atoms with Gasteiger partial charge in [0.05, 0.1) is 6.10 Å². The highest BCUT2D eigenvalue weighted by molar-refractivity contribution is 6.20. The molecule has 0 unspecified atom stereocenters. The number of carbonyl (C=O) groups is 1. The Hall–Kier alpha value is -1.22. The summed E-state index contributed by atoms with van der Waals surface area (Å²) in [6.07, 6.45) is 4.03. The zero-order chi connectivity index (χ0) is 14.5. The number of hydrogen-bond donors (Lipinski definition) is 1. The molecule has 0 aliphatic heterocycles. The quantitative estimate of drug-likeness (QED) is 0.859. The zero-order valence-electron chi connectivity index (χ0n) is 12.1. The minimum absolute atomic E-state index is 0.0147. The number of amides is 1. The minimum atomic E-state index is -0.0147. The molecule has 20 heavy (non-hydrogen) atoms. The third-order valence-electron chi connectivity index (χ3n) is 3.48. The summed E-state index contributed by atoms with van der Waals surface area (Å²) in [5.41, 5.74) is 0.675. The van der Waals surface area contributed by atoms with Crippen molar-refractivity contribution in [1.82, 2.24) is 5.32 Å². The summed E-state index contributed by atoms with van der Waals surface area (Å²) in [6, 6.07) is 7.54. The molecule has 4 heteroatoms. The molecular formula is C16H22ClNO2. The fourth-order valence-electron chi connectivity index (χ4n) is 2.42. The first-order valence-corrected chi connectivity index (χ1v) is 7.70. The van der Waals surface area contributed by atoms with Crippen LogP contribution < -0.4 is 10.1 Å². The van der Waals surface area contributed by atoms with Crippen LogP contribution in [0.15, 0.2) is 24.3 Å². The SMILES string of the molecule is CC(C)Oc1ccc(C(=O)NC2CCC(Cl)CC2)cc1. The van der Waals surface area contributed by atoms with E-state index in [9.17, 15) is 4.79 Å². The van der Waals surface area contributed by atoms with Gasteiger partial charge in [-0.1, -0.05) is 0 Å². The Labute approximate surface area is 125 Å². The molecule has 1 aliphatic carbocycles. The van der Waals surface area contributed by atoms with Crippen molar-refractivity contribution in [3.8, 4) is 5.75 Å². The van der Waals surface area contributed by atoms with Gasteiger partial charge >= 0.3 is 0 Å². The first-order valence-electron chi connectivity index (χ1n) is 7.26. The van der Waals surface area contributed by atoms with Crippen molar-refractivity contribution < 1.29 is 9.53 Å². The molecule has 110 valence electrons. The van der Waals surface area contributed by atoms with E-state index in [2.05, 4.69) is 5.32 Å². The van der Waals surface area contributed by atoms with E-state index in [1.807, 2.05) is 26.0 Å². The molecular weight excluding hydrogens is 274 g/mol. The molecule has 0 saturated heterocycles. The van der Waals surface area contributed by atoms with E-state index in [-0.39, 0.29) is 23.4 Å². The fourth-order valence-corrected chi connectivity index (χ4v) is 2.67. The molecule has 1 amide bonds. The minimum Gasteiger partial charge on any atom is -0.491 e. The maximum absolute atomic E-state index is 12.1. The zero-order valence-corrected chi connectivity index (χ0v) is 12.8. The van der Waals surface area contributed by atoms with Crippen molar-refractivity contribution in [2.75, 3.05) is 0 Å². The topological polar surface area (TPSA) is 38.3 Å². The molecule has 0 atom stereocenters. The number of ether oxygens (including phenoxy) is 1. The van der Waals surface area contributed by atoms with Crippen LogP contribution in [-0.4, -0.2) is 23.4 Å². The second-order valence-electron chi connectivity index (χ2n) is 5.61. The summed E-state index contributed by atoms with van der Waals surface area (Å²) in [7, 11) is 0. The Morgan fingerprint density at radius 3 is 2.35 bits per heavy atom. The molecule has 0 radical (unpaired) electrons. The average Bonchev–Trinajstić information content (AvgIpc) is 2.41. The van der Waals surface area contributed by atoms with Crippen LogP contribution in [0.1, 0.15) is 49.9 Å². The lowest BCUT2D eigenvalue weighted by Gasteiger charge is -2.25. The van der Waals surface area contributed by atoms with Gasteiger partial charge in [-0.3, -0.25) is 4.79 Å². The maximum atomic E-state index is 12.1. The Balaban J connectivity index is 1.89. The number of nitrogens with one attached hydrogen (secondary N) is 1. The van der Waals surface area contributed by atoms with Gasteiger partial charge in [-0.15, -0.1) is 11.6 Å². The molecule has 0 heterocycles. The van der Waals surface area contributed by atoms with E-state index in [1.54, 1.807) is 12.1 Å². The van der Waals surface area contributed by atoms with Crippen molar-refractivity contribution >= 4 is 17.5 Å². The summed E-state index contributed by atoms with van der Waals surface area (Å²) < 4.78 is 5.56. The monoisotopic (exact) mass is 295 g/mol. The van der Waals surface area contributed by atoms with E-state index in [0.29, 0.717) is 5.56 Å². The van der Waals surface area contributed by atoms with Gasteiger partial charge in [0.2, 0.25) is 0 Å². The third kappa shape index (κ3) is 4.41. The second-order valence-corrected chi connectivity index (χ2v) is 6.23. The third-order valence-corrected chi connectivity index (χ3v) is 3.92. The van der Waals surface area contributed by atoms with Crippen molar-refractivity contribution in [3.63, 3.8) is 0 Å². The second kappa shape index (κ2) is 6.98. The maximum Gasteiger partial charge on any atom is 0.251 e. The average molecular weight is 296 g/mol. The first kappa shape index (κ1) is 15.2. The molecule has 0 bridgehead atoms. The Kier molecular flexibility index (Phi) is 5.30. The van der Waals surface area contributed by atoms with Crippen molar-refractivity contribution in [2.24, 2.45) is 0 Å². The lowest BCUT2D eigenvalue weighted by Crippen LogP contribution is -2.37. The molecule has 0 aromatic heterocycles. The molecule has 1 N–H and O–H groups in total. The van der Waals surface area contributed by atoms with Crippen molar-refractivity contribution in [1.29, 1.82) is 0 Å². The number of alkyl halides is 1. The lowest BCUT2D eigenvalue weighted by atomic mass is 9.95. The highest BCUT2D eigenvalue weighted by Gasteiger charge is 2.21. The smallest absolute Gasteiger partial charge is 0.251 e. The number of rotatable bonds is 4. The first-order chi connectivity index (χ1) is 9.54. The van der Waals surface area contributed by atoms with Gasteiger partial charge < -0.3 is 10.1 Å². The van der Waals surface area contributed by atoms with Gasteiger partial charge in [0, 0.05) is 17.0 Å². The summed E-state index contributed by atoms with van der Waals surface area (Å²) in [6.45, 7) is 3.96. The van der Waals surface area contributed by atoms with Crippen molar-refractivity contribution in [2.45, 2.75) is 57.1 Å². The van der Waals surface area contributed by atoms with E-state index in [4.69, 9.17) is 16.3 Å². The molecule has 1 fully saturated rings. The van der Waals surface area contributed by atoms with Crippen LogP contribution in [0.4, 0.5) is 0 Å². The van der Waals surface area contributed by atoms with E-state index in [0.717, 1.165) is 31.4 Å². The molecule has 1 aromatic carbocycles. The normalized spacial score (nSPS) is 22.6. The van der Waals surface area contributed by atoms with Gasteiger partial charge in [-0.2, -0.15) is 0 Å². The summed E-state index contributed by atoms with van der Waals surface area (Å²) in [5.74, 6) is 0.776.